The fourth-order valence-corrected chi connectivity index (χ4v) is 12.3. The van der Waals surface area contributed by atoms with Crippen molar-refractivity contribution in [2.75, 3.05) is 14.7 Å². The molecule has 0 saturated heterocycles. The maximum absolute atomic E-state index is 9.58. The largest absolute Gasteiger partial charge is 0.311 e. The third-order valence-corrected chi connectivity index (χ3v) is 16.4. The molecule has 0 radical (unpaired) electrons. The molecule has 5 heteroatoms. The molecule has 348 valence electrons. The highest BCUT2D eigenvalue weighted by Crippen LogP contribution is 2.54. The summed E-state index contributed by atoms with van der Waals surface area (Å²) in [6.07, 6.45) is 2.01. The van der Waals surface area contributed by atoms with E-state index in [0.717, 1.165) is 83.9 Å². The quantitative estimate of drug-likeness (QED) is 0.159. The van der Waals surface area contributed by atoms with Crippen molar-refractivity contribution in [2.24, 2.45) is 0 Å². The SMILES string of the molecule is [2H]c1c([2H])c([2H])c(N(c2cc3c4c(c2)N(c2ccc(C(C)(C)C)cc2)c2c(sc5ccc(C(C)(C)C)cc25)B4c2cc4c(cc2N3c2ccc(C(C)(C)C)cc2)C(C)(C)CCC4(C)C)c2c([2H])c([2H])c([2H])c([2H])c2[2H])c([2H])c1[2H]. The highest BCUT2D eigenvalue weighted by Gasteiger charge is 2.48. The first-order valence-electron chi connectivity index (χ1n) is 29.4. The first-order valence-corrected chi connectivity index (χ1v) is 25.3. The van der Waals surface area contributed by atoms with Gasteiger partial charge >= 0.3 is 0 Å². The monoisotopic (exact) mass is 932 g/mol. The summed E-state index contributed by atoms with van der Waals surface area (Å²) in [6.45, 7) is 28.9. The van der Waals surface area contributed by atoms with Gasteiger partial charge in [-0.3, -0.25) is 0 Å². The predicted molar refractivity (Wildman–Crippen MR) is 302 cm³/mol. The smallest absolute Gasteiger partial charge is 0.264 e. The van der Waals surface area contributed by atoms with Gasteiger partial charge in [-0.2, -0.15) is 0 Å². The number of benzene rings is 7. The van der Waals surface area contributed by atoms with Gasteiger partial charge in [0.2, 0.25) is 0 Å². The van der Waals surface area contributed by atoms with Crippen molar-refractivity contribution in [3.05, 3.63) is 179 Å². The van der Waals surface area contributed by atoms with Gasteiger partial charge in [-0.15, -0.1) is 11.3 Å². The molecule has 0 fully saturated rings. The number of thiophene rings is 1. The van der Waals surface area contributed by atoms with Gasteiger partial charge in [-0.1, -0.05) is 163 Å². The van der Waals surface area contributed by atoms with Crippen LogP contribution in [0.25, 0.3) is 10.1 Å². The van der Waals surface area contributed by atoms with Crippen LogP contribution in [0.15, 0.2) is 151 Å². The Hall–Kier alpha value is -6.04. The molecule has 11 rings (SSSR count). The molecule has 1 aliphatic carbocycles. The van der Waals surface area contributed by atoms with Crippen molar-refractivity contribution in [3.63, 3.8) is 0 Å². The van der Waals surface area contributed by atoms with Gasteiger partial charge in [-0.25, -0.2) is 0 Å². The standard InChI is InChI=1S/C64H68BN3S/c1-60(2,3)41-24-29-46(30-25-41)67-53-40-51-50(63(10,11)34-35-64(51,12)13)39-52(53)65-57-54(67)37-48(66(44-20-16-14-17-21-44)45-22-18-15-19-23-45)38-55(57)68(47-31-26-42(27-32-47)61(4,5)6)58-49-36-43(62(7,8)9)28-33-56(49)69-59(58)65/h14-33,36-40H,34-35H2,1-13H3/i14D,15D,16D,17D,18D,19D,20D,21D,22D,23D. The lowest BCUT2D eigenvalue weighted by molar-refractivity contribution is 0.332. The molecule has 8 aromatic rings. The number of fused-ring (bicyclic) bond motifs is 7. The summed E-state index contributed by atoms with van der Waals surface area (Å²) in [5.41, 5.74) is 12.1. The van der Waals surface area contributed by atoms with E-state index in [0.29, 0.717) is 0 Å². The van der Waals surface area contributed by atoms with E-state index in [1.807, 2.05) is 12.1 Å². The van der Waals surface area contributed by atoms with Gasteiger partial charge < -0.3 is 14.7 Å². The van der Waals surface area contributed by atoms with E-state index >= 15 is 0 Å². The number of para-hydroxylation sites is 2. The van der Waals surface area contributed by atoms with Gasteiger partial charge in [0, 0.05) is 54.7 Å². The second-order valence-corrected chi connectivity index (χ2v) is 25.0. The van der Waals surface area contributed by atoms with Gasteiger partial charge in [-0.05, 0) is 157 Å². The molecule has 0 unspecified atom stereocenters. The third-order valence-electron chi connectivity index (χ3n) is 15.1. The maximum atomic E-state index is 9.58. The Morgan fingerprint density at radius 2 is 0.986 bits per heavy atom. The van der Waals surface area contributed by atoms with E-state index in [4.69, 9.17) is 8.22 Å². The van der Waals surface area contributed by atoms with E-state index in [2.05, 4.69) is 179 Å². The molecule has 69 heavy (non-hydrogen) atoms. The summed E-state index contributed by atoms with van der Waals surface area (Å²) in [7, 11) is 0. The van der Waals surface area contributed by atoms with Crippen LogP contribution < -0.4 is 30.4 Å². The first kappa shape index (κ1) is 35.1. The number of nitrogens with zero attached hydrogens (tertiary/aromatic N) is 3. The fourth-order valence-electron chi connectivity index (χ4n) is 11.0. The maximum Gasteiger partial charge on any atom is 0.264 e. The van der Waals surface area contributed by atoms with E-state index in [1.54, 1.807) is 11.3 Å². The average molecular weight is 932 g/mol. The van der Waals surface area contributed by atoms with Gasteiger partial charge in [0.25, 0.3) is 6.71 Å². The Balaban J connectivity index is 1.37. The minimum absolute atomic E-state index is 0.138. The zero-order valence-electron chi connectivity index (χ0n) is 52.4. The van der Waals surface area contributed by atoms with E-state index in [-0.39, 0.29) is 50.8 Å². The summed E-state index contributed by atoms with van der Waals surface area (Å²) < 4.78 is 94.1. The van der Waals surface area contributed by atoms with Crippen molar-refractivity contribution in [1.82, 2.24) is 0 Å². The lowest BCUT2D eigenvalue weighted by atomic mass is 9.35. The summed E-state index contributed by atoms with van der Waals surface area (Å²) in [6, 6.07) is 26.8. The summed E-state index contributed by atoms with van der Waals surface area (Å²) in [5.74, 6) is 0. The molecule has 3 aliphatic rings. The molecule has 3 nitrogen and oxygen atoms in total. The summed E-state index contributed by atoms with van der Waals surface area (Å²) in [4.78, 5) is 5.93. The van der Waals surface area contributed by atoms with Crippen LogP contribution in [-0.4, -0.2) is 6.71 Å². The molecule has 0 spiro atoms. The molecule has 0 bridgehead atoms. The van der Waals surface area contributed by atoms with Crippen LogP contribution in [0.1, 0.15) is 144 Å². The van der Waals surface area contributed by atoms with Crippen LogP contribution >= 0.6 is 11.3 Å². The molecule has 3 heterocycles. The highest BCUT2D eigenvalue weighted by molar-refractivity contribution is 7.33. The molecular weight excluding hydrogens is 854 g/mol. The summed E-state index contributed by atoms with van der Waals surface area (Å²) in [5, 5.41) is 1.07. The van der Waals surface area contributed by atoms with Crippen molar-refractivity contribution >= 4 is 95.0 Å². The Morgan fingerprint density at radius 1 is 0.522 bits per heavy atom. The fraction of sp³-hybridized carbons (Fsp3) is 0.312. The molecule has 0 saturated carbocycles. The highest BCUT2D eigenvalue weighted by atomic mass is 32.1. The van der Waals surface area contributed by atoms with Crippen LogP contribution in [-0.2, 0) is 27.1 Å². The normalized spacial score (nSPS) is 18.0. The number of hydrogen-bond acceptors (Lipinski definition) is 4. The average Bonchev–Trinajstić information content (AvgIpc) is 4.01. The molecule has 1 aromatic heterocycles. The van der Waals surface area contributed by atoms with Gasteiger partial charge in [0.05, 0.1) is 25.1 Å². The van der Waals surface area contributed by atoms with Crippen LogP contribution in [0.5, 0.6) is 0 Å². The van der Waals surface area contributed by atoms with Crippen LogP contribution in [0.3, 0.4) is 0 Å². The predicted octanol–water partition coefficient (Wildman–Crippen LogP) is 16.7. The second-order valence-electron chi connectivity index (χ2n) is 23.9. The molecule has 7 aromatic carbocycles. The van der Waals surface area contributed by atoms with Crippen molar-refractivity contribution in [2.45, 2.75) is 130 Å². The lowest BCUT2D eigenvalue weighted by Crippen LogP contribution is -2.61. The molecule has 2 aliphatic heterocycles. The van der Waals surface area contributed by atoms with Crippen molar-refractivity contribution in [3.8, 4) is 0 Å². The Morgan fingerprint density at radius 3 is 1.49 bits per heavy atom. The minimum Gasteiger partial charge on any atom is -0.311 e. The molecule has 0 atom stereocenters. The van der Waals surface area contributed by atoms with Gasteiger partial charge in [0.15, 0.2) is 0 Å². The zero-order chi connectivity index (χ0) is 57.3. The first-order chi connectivity index (χ1) is 36.7. The van der Waals surface area contributed by atoms with E-state index in [1.165, 1.54) is 21.6 Å². The molecular formula is C64H68BN3S. The number of rotatable bonds is 5. The third kappa shape index (κ3) is 7.53. The van der Waals surface area contributed by atoms with Crippen LogP contribution in [0.4, 0.5) is 51.2 Å². The molecule has 0 N–H and O–H groups in total. The van der Waals surface area contributed by atoms with Crippen molar-refractivity contribution in [1.29, 1.82) is 0 Å². The number of hydrogen-bond donors (Lipinski definition) is 0. The Bertz CT molecular complexity index is 3760. The zero-order valence-corrected chi connectivity index (χ0v) is 43.2. The Labute approximate surface area is 431 Å². The molecule has 0 amide bonds. The Kier molecular flexibility index (Phi) is 8.01. The van der Waals surface area contributed by atoms with Crippen LogP contribution in [0.2, 0.25) is 0 Å². The van der Waals surface area contributed by atoms with E-state index in [9.17, 15) is 5.48 Å². The lowest BCUT2D eigenvalue weighted by Gasteiger charge is -2.47. The minimum atomic E-state index is -0.623. The summed E-state index contributed by atoms with van der Waals surface area (Å²) >= 11 is 1.80. The van der Waals surface area contributed by atoms with Crippen LogP contribution in [0, 0.1) is 0 Å². The van der Waals surface area contributed by atoms with Crippen molar-refractivity contribution < 1.29 is 13.7 Å². The van der Waals surface area contributed by atoms with E-state index < -0.39 is 60.4 Å². The van der Waals surface area contributed by atoms with Gasteiger partial charge in [0.1, 0.15) is 0 Å². The number of anilines is 9. The second kappa shape index (κ2) is 15.7. The topological polar surface area (TPSA) is 9.72 Å².